The largest absolute Gasteiger partial charge is 0.383 e. The van der Waals surface area contributed by atoms with Crippen LogP contribution >= 0.6 is 13.5 Å². The van der Waals surface area contributed by atoms with Crippen LogP contribution in [0.25, 0.3) is 0 Å². The Morgan fingerprint density at radius 1 is 1.71 bits per heavy atom. The molecule has 1 rings (SSSR count). The molecule has 0 unspecified atom stereocenters. The summed E-state index contributed by atoms with van der Waals surface area (Å²) in [5.74, 6) is 0.162. The van der Waals surface area contributed by atoms with Gasteiger partial charge < -0.3 is 5.32 Å². The third kappa shape index (κ3) is 1.64. The molecule has 0 amide bonds. The number of carbonyl (C=O) groups is 1. The van der Waals surface area contributed by atoms with Crippen molar-refractivity contribution in [3.05, 3.63) is 12.3 Å². The minimum Gasteiger partial charge on any atom is -0.383 e. The minimum absolute atomic E-state index is 0. The van der Waals surface area contributed by atoms with Gasteiger partial charge in [0.15, 0.2) is 5.78 Å². The molecule has 0 aromatic rings. The molecule has 0 aliphatic carbocycles. The molecule has 1 N–H and O–H groups in total. The molecule has 0 saturated carbocycles. The molecule has 2 nitrogen and oxygen atoms in total. The van der Waals surface area contributed by atoms with E-state index in [0.29, 0.717) is 6.54 Å². The van der Waals surface area contributed by atoms with Gasteiger partial charge in [-0.1, -0.05) is 0 Å². The number of nitrogens with one attached hydrogen (secondary N) is 1. The first-order valence-corrected chi connectivity index (χ1v) is 1.82. The van der Waals surface area contributed by atoms with E-state index in [1.54, 1.807) is 6.20 Å². The van der Waals surface area contributed by atoms with E-state index in [0.717, 1.165) is 0 Å². The van der Waals surface area contributed by atoms with Crippen LogP contribution < -0.4 is 5.32 Å². The SMILES string of the molecule is O=C1C=CNC1.S. The van der Waals surface area contributed by atoms with Crippen molar-refractivity contribution >= 4 is 19.3 Å². The van der Waals surface area contributed by atoms with E-state index in [1.807, 2.05) is 0 Å². The molecular formula is C4H7NOS. The van der Waals surface area contributed by atoms with Crippen molar-refractivity contribution in [2.75, 3.05) is 6.54 Å². The van der Waals surface area contributed by atoms with Crippen molar-refractivity contribution < 1.29 is 4.79 Å². The van der Waals surface area contributed by atoms with Crippen LogP contribution in [0.3, 0.4) is 0 Å². The zero-order chi connectivity index (χ0) is 4.41. The second-order valence-electron chi connectivity index (χ2n) is 1.18. The lowest BCUT2D eigenvalue weighted by molar-refractivity contribution is -0.113. The third-order valence-corrected chi connectivity index (χ3v) is 0.663. The summed E-state index contributed by atoms with van der Waals surface area (Å²) in [7, 11) is 0. The van der Waals surface area contributed by atoms with Gasteiger partial charge in [-0.15, -0.1) is 0 Å². The summed E-state index contributed by atoms with van der Waals surface area (Å²) in [6, 6.07) is 0. The fraction of sp³-hybridized carbons (Fsp3) is 0.250. The standard InChI is InChI=1S/C4H5NO.H2S/c6-4-1-2-5-3-4;/h1-2,5H,3H2;1H2. The molecule has 7 heavy (non-hydrogen) atoms. The number of ketones is 1. The van der Waals surface area contributed by atoms with Crippen molar-refractivity contribution in [1.82, 2.24) is 5.32 Å². The van der Waals surface area contributed by atoms with E-state index in [-0.39, 0.29) is 19.3 Å². The molecule has 0 atom stereocenters. The van der Waals surface area contributed by atoms with Gasteiger partial charge in [-0.2, -0.15) is 13.5 Å². The molecule has 0 saturated heterocycles. The predicted molar refractivity (Wildman–Crippen MR) is 32.5 cm³/mol. The van der Waals surface area contributed by atoms with Crippen LogP contribution in [0.15, 0.2) is 12.3 Å². The average molecular weight is 117 g/mol. The molecule has 1 aliphatic heterocycles. The smallest absolute Gasteiger partial charge is 0.176 e. The van der Waals surface area contributed by atoms with Crippen molar-refractivity contribution in [3.8, 4) is 0 Å². The topological polar surface area (TPSA) is 29.1 Å². The van der Waals surface area contributed by atoms with Crippen LogP contribution in [0.5, 0.6) is 0 Å². The lowest BCUT2D eigenvalue weighted by atomic mass is 10.4. The highest BCUT2D eigenvalue weighted by Gasteiger charge is 1.96. The summed E-state index contributed by atoms with van der Waals surface area (Å²) in [6.45, 7) is 0.486. The quantitative estimate of drug-likeness (QED) is 0.475. The highest BCUT2D eigenvalue weighted by Crippen LogP contribution is 1.79. The Balaban J connectivity index is 0.000000360. The lowest BCUT2D eigenvalue weighted by Crippen LogP contribution is -2.06. The van der Waals surface area contributed by atoms with Gasteiger partial charge in [0.1, 0.15) is 0 Å². The van der Waals surface area contributed by atoms with Crippen molar-refractivity contribution in [2.45, 2.75) is 0 Å². The first kappa shape index (κ1) is 6.56. The number of rotatable bonds is 0. The maximum atomic E-state index is 10.1. The fourth-order valence-electron chi connectivity index (χ4n) is 0.370. The Kier molecular flexibility index (Phi) is 2.52. The van der Waals surface area contributed by atoms with Gasteiger partial charge in [-0.25, -0.2) is 0 Å². The zero-order valence-corrected chi connectivity index (χ0v) is 4.77. The van der Waals surface area contributed by atoms with Gasteiger partial charge in [0, 0.05) is 6.20 Å². The second-order valence-corrected chi connectivity index (χ2v) is 1.18. The lowest BCUT2D eigenvalue weighted by Gasteiger charge is -1.78. The molecule has 40 valence electrons. The molecular weight excluding hydrogens is 110 g/mol. The first-order valence-electron chi connectivity index (χ1n) is 1.82. The van der Waals surface area contributed by atoms with Gasteiger partial charge in [0.25, 0.3) is 0 Å². The summed E-state index contributed by atoms with van der Waals surface area (Å²) in [5.41, 5.74) is 0. The summed E-state index contributed by atoms with van der Waals surface area (Å²) in [5, 5.41) is 2.74. The number of hydrogen-bond donors (Lipinski definition) is 1. The van der Waals surface area contributed by atoms with Crippen LogP contribution in [-0.2, 0) is 4.79 Å². The predicted octanol–water partition coefficient (Wildman–Crippen LogP) is -0.215. The van der Waals surface area contributed by atoms with Gasteiger partial charge in [-0.05, 0) is 6.08 Å². The monoisotopic (exact) mass is 117 g/mol. The van der Waals surface area contributed by atoms with Crippen LogP contribution in [0.2, 0.25) is 0 Å². The molecule has 0 aromatic heterocycles. The van der Waals surface area contributed by atoms with Gasteiger partial charge >= 0.3 is 0 Å². The maximum absolute atomic E-state index is 10.1. The summed E-state index contributed by atoms with van der Waals surface area (Å²) in [6.07, 6.45) is 3.18. The Bertz CT molecular complexity index is 99.9. The molecule has 0 fully saturated rings. The van der Waals surface area contributed by atoms with Crippen LogP contribution in [-0.4, -0.2) is 12.3 Å². The van der Waals surface area contributed by atoms with E-state index >= 15 is 0 Å². The summed E-state index contributed by atoms with van der Waals surface area (Å²) >= 11 is 0. The average Bonchev–Trinajstić information content (AvgIpc) is 1.86. The summed E-state index contributed by atoms with van der Waals surface area (Å²) in [4.78, 5) is 10.1. The van der Waals surface area contributed by atoms with Crippen LogP contribution in [0.4, 0.5) is 0 Å². The van der Waals surface area contributed by atoms with E-state index in [2.05, 4.69) is 5.32 Å². The van der Waals surface area contributed by atoms with Gasteiger partial charge in [-0.3, -0.25) is 4.79 Å². The molecule has 3 heteroatoms. The Morgan fingerprint density at radius 3 is 2.57 bits per heavy atom. The minimum atomic E-state index is 0. The molecule has 0 bridgehead atoms. The number of carbonyl (C=O) groups excluding carboxylic acids is 1. The third-order valence-electron chi connectivity index (χ3n) is 0.663. The Morgan fingerprint density at radius 2 is 2.43 bits per heavy atom. The molecule has 1 heterocycles. The maximum Gasteiger partial charge on any atom is 0.176 e. The van der Waals surface area contributed by atoms with E-state index in [1.165, 1.54) is 6.08 Å². The van der Waals surface area contributed by atoms with Crippen LogP contribution in [0.1, 0.15) is 0 Å². The Labute approximate surface area is 49.0 Å². The highest BCUT2D eigenvalue weighted by atomic mass is 32.1. The fourth-order valence-corrected chi connectivity index (χ4v) is 0.370. The highest BCUT2D eigenvalue weighted by molar-refractivity contribution is 7.59. The first-order chi connectivity index (χ1) is 2.89. The van der Waals surface area contributed by atoms with Crippen molar-refractivity contribution in [3.63, 3.8) is 0 Å². The molecule has 1 aliphatic rings. The van der Waals surface area contributed by atoms with Gasteiger partial charge in [0.2, 0.25) is 0 Å². The van der Waals surface area contributed by atoms with Crippen LogP contribution in [0, 0.1) is 0 Å². The zero-order valence-electron chi connectivity index (χ0n) is 3.77. The van der Waals surface area contributed by atoms with Gasteiger partial charge in [0.05, 0.1) is 6.54 Å². The molecule has 0 spiro atoms. The van der Waals surface area contributed by atoms with E-state index < -0.39 is 0 Å². The summed E-state index contributed by atoms with van der Waals surface area (Å²) < 4.78 is 0. The second kappa shape index (κ2) is 2.69. The van der Waals surface area contributed by atoms with E-state index in [9.17, 15) is 4.79 Å². The normalized spacial score (nSPS) is 15.7. The Hall–Kier alpha value is -0.440. The number of hydrogen-bond acceptors (Lipinski definition) is 2. The van der Waals surface area contributed by atoms with Crippen molar-refractivity contribution in [1.29, 1.82) is 0 Å². The molecule has 0 radical (unpaired) electrons. The van der Waals surface area contributed by atoms with E-state index in [4.69, 9.17) is 0 Å². The van der Waals surface area contributed by atoms with Crippen molar-refractivity contribution in [2.24, 2.45) is 0 Å². The molecule has 0 aromatic carbocycles.